The number of nitrogens with one attached hydrogen (secondary N) is 1. The summed E-state index contributed by atoms with van der Waals surface area (Å²) in [4.78, 5) is 17.1. The van der Waals surface area contributed by atoms with Gasteiger partial charge in [0.1, 0.15) is 23.4 Å². The predicted molar refractivity (Wildman–Crippen MR) is 99.3 cm³/mol. The zero-order valence-electron chi connectivity index (χ0n) is 15.7. The first kappa shape index (κ1) is 18.3. The fourth-order valence-electron chi connectivity index (χ4n) is 3.64. The summed E-state index contributed by atoms with van der Waals surface area (Å²) in [6.07, 6.45) is 8.94. The van der Waals surface area contributed by atoms with E-state index in [0.717, 1.165) is 24.2 Å². The number of carbonyl (C=O) groups is 1. The molecule has 1 aromatic heterocycles. The number of carbonyl (C=O) groups excluding carboxylic acids is 1. The van der Waals surface area contributed by atoms with E-state index in [1.54, 1.807) is 20.4 Å². The highest BCUT2D eigenvalue weighted by atomic mass is 16.5. The van der Waals surface area contributed by atoms with E-state index in [9.17, 15) is 4.79 Å². The maximum absolute atomic E-state index is 12.7. The molecule has 1 aliphatic carbocycles. The van der Waals surface area contributed by atoms with Gasteiger partial charge in [-0.15, -0.1) is 0 Å². The molecule has 0 aliphatic heterocycles. The van der Waals surface area contributed by atoms with Crippen LogP contribution in [0.1, 0.15) is 49.5 Å². The Balaban J connectivity index is 1.88. The van der Waals surface area contributed by atoms with Gasteiger partial charge < -0.3 is 19.4 Å². The Labute approximate surface area is 154 Å². The number of aryl methyl sites for hydroxylation is 1. The summed E-state index contributed by atoms with van der Waals surface area (Å²) in [5.74, 6) is 2.70. The number of ether oxygens (including phenoxy) is 2. The van der Waals surface area contributed by atoms with Crippen LogP contribution in [0.5, 0.6) is 11.5 Å². The van der Waals surface area contributed by atoms with Crippen LogP contribution >= 0.6 is 0 Å². The molecule has 6 heteroatoms. The number of hydrogen-bond donors (Lipinski definition) is 1. The monoisotopic (exact) mass is 357 g/mol. The van der Waals surface area contributed by atoms with Crippen LogP contribution in [-0.2, 0) is 11.8 Å². The number of rotatable bonds is 7. The van der Waals surface area contributed by atoms with Crippen molar-refractivity contribution in [2.24, 2.45) is 13.0 Å². The molecule has 1 fully saturated rings. The van der Waals surface area contributed by atoms with Gasteiger partial charge in [-0.25, -0.2) is 4.98 Å². The lowest BCUT2D eigenvalue weighted by Gasteiger charge is -2.21. The lowest BCUT2D eigenvalue weighted by molar-refractivity contribution is -0.122. The molecule has 140 valence electrons. The largest absolute Gasteiger partial charge is 0.497 e. The second kappa shape index (κ2) is 8.25. The quantitative estimate of drug-likeness (QED) is 0.826. The van der Waals surface area contributed by atoms with Crippen molar-refractivity contribution in [3.05, 3.63) is 42.0 Å². The van der Waals surface area contributed by atoms with Crippen LogP contribution in [0.3, 0.4) is 0 Å². The first-order valence-corrected chi connectivity index (χ1v) is 9.10. The molecule has 0 saturated heterocycles. The molecule has 1 heterocycles. The molecule has 2 aromatic rings. The van der Waals surface area contributed by atoms with Gasteiger partial charge in [0, 0.05) is 31.9 Å². The van der Waals surface area contributed by atoms with Crippen LogP contribution in [0, 0.1) is 5.92 Å². The van der Waals surface area contributed by atoms with Gasteiger partial charge in [0.25, 0.3) is 0 Å². The molecule has 26 heavy (non-hydrogen) atoms. The summed E-state index contributed by atoms with van der Waals surface area (Å²) >= 11 is 0. The minimum atomic E-state index is -0.354. The van der Waals surface area contributed by atoms with Gasteiger partial charge in [-0.3, -0.25) is 4.79 Å². The normalized spacial score (nSPS) is 15.7. The number of hydrogen-bond acceptors (Lipinski definition) is 4. The standard InChI is InChI=1S/C20H27N3O3/c1-23-9-8-21-20(23)19(22-18(24)10-14-6-4-5-7-14)15-11-16(25-2)13-17(12-15)26-3/h8-9,11-14,19H,4-7,10H2,1-3H3,(H,22,24)/t19-/m1/s1. The third kappa shape index (κ3) is 4.18. The average molecular weight is 357 g/mol. The first-order chi connectivity index (χ1) is 12.6. The molecule has 0 bridgehead atoms. The van der Waals surface area contributed by atoms with Gasteiger partial charge in [0.15, 0.2) is 0 Å². The van der Waals surface area contributed by atoms with E-state index in [0.29, 0.717) is 23.8 Å². The first-order valence-electron chi connectivity index (χ1n) is 9.10. The summed E-state index contributed by atoms with van der Waals surface area (Å²) in [7, 11) is 5.16. The van der Waals surface area contributed by atoms with Crippen LogP contribution in [-0.4, -0.2) is 29.7 Å². The van der Waals surface area contributed by atoms with E-state index in [4.69, 9.17) is 9.47 Å². The van der Waals surface area contributed by atoms with Crippen molar-refractivity contribution in [2.75, 3.05) is 14.2 Å². The molecule has 0 spiro atoms. The Kier molecular flexibility index (Phi) is 5.81. The molecule has 6 nitrogen and oxygen atoms in total. The van der Waals surface area contributed by atoms with Crippen molar-refractivity contribution in [3.8, 4) is 11.5 Å². The SMILES string of the molecule is COc1cc(OC)cc([C@@H](NC(=O)CC2CCCC2)c2nccn2C)c1. The van der Waals surface area contributed by atoms with Gasteiger partial charge in [-0.2, -0.15) is 0 Å². The van der Waals surface area contributed by atoms with Crippen molar-refractivity contribution in [3.63, 3.8) is 0 Å². The maximum Gasteiger partial charge on any atom is 0.221 e. The Hall–Kier alpha value is -2.50. The zero-order valence-corrected chi connectivity index (χ0v) is 15.7. The smallest absolute Gasteiger partial charge is 0.221 e. The summed E-state index contributed by atoms with van der Waals surface area (Å²) in [6, 6.07) is 5.29. The number of imidazole rings is 1. The van der Waals surface area contributed by atoms with Gasteiger partial charge in [-0.1, -0.05) is 12.8 Å². The van der Waals surface area contributed by atoms with E-state index in [-0.39, 0.29) is 11.9 Å². The fraction of sp³-hybridized carbons (Fsp3) is 0.500. The molecule has 1 atom stereocenters. The molecule has 1 N–H and O–H groups in total. The molecule has 1 amide bonds. The van der Waals surface area contributed by atoms with Gasteiger partial charge in [-0.05, 0) is 36.5 Å². The highest BCUT2D eigenvalue weighted by molar-refractivity contribution is 5.77. The van der Waals surface area contributed by atoms with E-state index >= 15 is 0 Å². The van der Waals surface area contributed by atoms with Crippen molar-refractivity contribution in [2.45, 2.75) is 38.1 Å². The van der Waals surface area contributed by atoms with Crippen LogP contribution in [0.15, 0.2) is 30.6 Å². The average Bonchev–Trinajstić information content (AvgIpc) is 3.30. The van der Waals surface area contributed by atoms with Crippen LogP contribution < -0.4 is 14.8 Å². The number of amides is 1. The minimum absolute atomic E-state index is 0.0617. The predicted octanol–water partition coefficient (Wildman–Crippen LogP) is 3.22. The summed E-state index contributed by atoms with van der Waals surface area (Å²) in [5, 5.41) is 3.17. The topological polar surface area (TPSA) is 65.4 Å². The second-order valence-electron chi connectivity index (χ2n) is 6.90. The third-order valence-corrected chi connectivity index (χ3v) is 5.08. The van der Waals surface area contributed by atoms with E-state index in [2.05, 4.69) is 10.3 Å². The number of methoxy groups -OCH3 is 2. The van der Waals surface area contributed by atoms with Gasteiger partial charge in [0.05, 0.1) is 14.2 Å². The minimum Gasteiger partial charge on any atom is -0.497 e. The number of aromatic nitrogens is 2. The third-order valence-electron chi connectivity index (χ3n) is 5.08. The van der Waals surface area contributed by atoms with Crippen molar-refractivity contribution in [1.82, 2.24) is 14.9 Å². The van der Waals surface area contributed by atoms with Crippen molar-refractivity contribution >= 4 is 5.91 Å². The van der Waals surface area contributed by atoms with Crippen molar-refractivity contribution in [1.29, 1.82) is 0 Å². The fourth-order valence-corrected chi connectivity index (χ4v) is 3.64. The molecular weight excluding hydrogens is 330 g/mol. The Morgan fingerprint density at radius 3 is 2.42 bits per heavy atom. The molecule has 0 unspecified atom stereocenters. The Morgan fingerprint density at radius 1 is 1.23 bits per heavy atom. The molecule has 3 rings (SSSR count). The number of benzene rings is 1. The Morgan fingerprint density at radius 2 is 1.88 bits per heavy atom. The molecular formula is C20H27N3O3. The highest BCUT2D eigenvalue weighted by Gasteiger charge is 2.25. The highest BCUT2D eigenvalue weighted by Crippen LogP contribution is 2.31. The van der Waals surface area contributed by atoms with Crippen molar-refractivity contribution < 1.29 is 14.3 Å². The van der Waals surface area contributed by atoms with Gasteiger partial charge >= 0.3 is 0 Å². The molecule has 1 saturated carbocycles. The molecule has 0 radical (unpaired) electrons. The van der Waals surface area contributed by atoms with E-state index in [1.165, 1.54) is 12.8 Å². The zero-order chi connectivity index (χ0) is 18.5. The van der Waals surface area contributed by atoms with E-state index in [1.807, 2.05) is 36.0 Å². The maximum atomic E-state index is 12.7. The molecule has 1 aromatic carbocycles. The second-order valence-corrected chi connectivity index (χ2v) is 6.90. The van der Waals surface area contributed by atoms with E-state index < -0.39 is 0 Å². The summed E-state index contributed by atoms with van der Waals surface area (Å²) < 4.78 is 12.7. The summed E-state index contributed by atoms with van der Waals surface area (Å²) in [6.45, 7) is 0. The lowest BCUT2D eigenvalue weighted by atomic mass is 10.0. The Bertz CT molecular complexity index is 728. The molecule has 1 aliphatic rings. The van der Waals surface area contributed by atoms with Crippen LogP contribution in [0.25, 0.3) is 0 Å². The van der Waals surface area contributed by atoms with Crippen LogP contribution in [0.2, 0.25) is 0 Å². The van der Waals surface area contributed by atoms with Crippen LogP contribution in [0.4, 0.5) is 0 Å². The number of nitrogens with zero attached hydrogens (tertiary/aromatic N) is 2. The summed E-state index contributed by atoms with van der Waals surface area (Å²) in [5.41, 5.74) is 0.885. The van der Waals surface area contributed by atoms with Gasteiger partial charge in [0.2, 0.25) is 5.91 Å². The lowest BCUT2D eigenvalue weighted by Crippen LogP contribution is -2.32.